The van der Waals surface area contributed by atoms with Gasteiger partial charge in [0.25, 0.3) is 0 Å². The lowest BCUT2D eigenvalue weighted by molar-refractivity contribution is -0.123. The minimum atomic E-state index is -0.717. The molecule has 18 heavy (non-hydrogen) atoms. The van der Waals surface area contributed by atoms with Crippen LogP contribution in [0, 0.1) is 0 Å². The van der Waals surface area contributed by atoms with Crippen LogP contribution in [-0.4, -0.2) is 19.1 Å². The first-order valence-electron chi connectivity index (χ1n) is 5.66. The number of carbonyl (C=O) groups excluding carboxylic acids is 2. The Morgan fingerprint density at radius 3 is 2.78 bits per heavy atom. The van der Waals surface area contributed by atoms with Gasteiger partial charge in [0, 0.05) is 6.54 Å². The highest BCUT2D eigenvalue weighted by molar-refractivity contribution is 5.85. The number of alkyl carbamates (subject to hydrolysis) is 1. The zero-order valence-corrected chi connectivity index (χ0v) is 9.76. The molecule has 0 aliphatic rings. The summed E-state index contributed by atoms with van der Waals surface area (Å²) >= 11 is 0. The Kier molecular flexibility index (Phi) is 3.91. The molecule has 92 valence electrons. The largest absolute Gasteiger partial charge is 0.414 e. The molecular formula is C14H13NO3. The quantitative estimate of drug-likeness (QED) is 0.662. The van der Waals surface area contributed by atoms with Crippen molar-refractivity contribution in [1.82, 2.24) is 5.32 Å². The second-order valence-corrected chi connectivity index (χ2v) is 3.82. The van der Waals surface area contributed by atoms with E-state index in [1.165, 1.54) is 10.8 Å². The highest BCUT2D eigenvalue weighted by atomic mass is 16.6. The van der Waals surface area contributed by atoms with Crippen molar-refractivity contribution >= 4 is 23.3 Å². The molecule has 0 unspecified atom stereocenters. The van der Waals surface area contributed by atoms with Crippen molar-refractivity contribution in [3.05, 3.63) is 48.0 Å². The third kappa shape index (κ3) is 2.85. The molecule has 1 N–H and O–H groups in total. The van der Waals surface area contributed by atoms with Crippen molar-refractivity contribution < 1.29 is 14.3 Å². The van der Waals surface area contributed by atoms with E-state index in [-0.39, 0.29) is 6.47 Å². The van der Waals surface area contributed by atoms with Crippen LogP contribution in [0.15, 0.2) is 42.5 Å². The van der Waals surface area contributed by atoms with Gasteiger partial charge in [-0.2, -0.15) is 0 Å². The van der Waals surface area contributed by atoms with Crippen LogP contribution in [0.1, 0.15) is 5.56 Å². The second-order valence-electron chi connectivity index (χ2n) is 3.82. The van der Waals surface area contributed by atoms with Crippen molar-refractivity contribution in [3.63, 3.8) is 0 Å². The molecule has 0 saturated heterocycles. The highest BCUT2D eigenvalue weighted by Gasteiger charge is 2.02. The highest BCUT2D eigenvalue weighted by Crippen LogP contribution is 2.18. The lowest BCUT2D eigenvalue weighted by Gasteiger charge is -2.06. The molecule has 0 bridgehead atoms. The molecule has 0 spiro atoms. The molecule has 2 rings (SSSR count). The normalized spacial score (nSPS) is 10.0. The maximum atomic E-state index is 10.9. The summed E-state index contributed by atoms with van der Waals surface area (Å²) in [5, 5.41) is 4.85. The van der Waals surface area contributed by atoms with Gasteiger partial charge in [0.2, 0.25) is 0 Å². The van der Waals surface area contributed by atoms with Gasteiger partial charge in [-0.15, -0.1) is 0 Å². The van der Waals surface area contributed by atoms with E-state index in [0.717, 1.165) is 5.56 Å². The topological polar surface area (TPSA) is 55.4 Å². The molecule has 4 nitrogen and oxygen atoms in total. The number of rotatable bonds is 4. The first kappa shape index (κ1) is 12.1. The van der Waals surface area contributed by atoms with Crippen LogP contribution in [0.4, 0.5) is 4.79 Å². The first-order chi connectivity index (χ1) is 8.81. The molecule has 0 heterocycles. The number of ether oxygens (including phenoxy) is 1. The number of hydrogen-bond donors (Lipinski definition) is 1. The van der Waals surface area contributed by atoms with Gasteiger partial charge >= 0.3 is 12.6 Å². The predicted molar refractivity (Wildman–Crippen MR) is 68.2 cm³/mol. The molecule has 0 fully saturated rings. The van der Waals surface area contributed by atoms with Gasteiger partial charge in [-0.1, -0.05) is 42.5 Å². The van der Waals surface area contributed by atoms with E-state index in [1.807, 2.05) is 36.4 Å². The van der Waals surface area contributed by atoms with Gasteiger partial charge in [0.1, 0.15) is 0 Å². The summed E-state index contributed by atoms with van der Waals surface area (Å²) in [7, 11) is 0. The van der Waals surface area contributed by atoms with Gasteiger partial charge in [0.15, 0.2) is 0 Å². The van der Waals surface area contributed by atoms with Crippen LogP contribution in [0.3, 0.4) is 0 Å². The summed E-state index contributed by atoms with van der Waals surface area (Å²) in [6, 6.07) is 14.1. The van der Waals surface area contributed by atoms with Crippen LogP contribution >= 0.6 is 0 Å². The summed E-state index contributed by atoms with van der Waals surface area (Å²) in [5.41, 5.74) is 1.15. The molecule has 0 aromatic heterocycles. The molecule has 0 radical (unpaired) electrons. The summed E-state index contributed by atoms with van der Waals surface area (Å²) in [6.45, 7) is 0.550. The molecule has 2 aromatic rings. The van der Waals surface area contributed by atoms with Crippen LogP contribution in [0.5, 0.6) is 0 Å². The summed E-state index contributed by atoms with van der Waals surface area (Å²) in [6.07, 6.45) is -0.0276. The van der Waals surface area contributed by atoms with Gasteiger partial charge in [-0.25, -0.2) is 4.79 Å². The van der Waals surface area contributed by atoms with Crippen LogP contribution in [-0.2, 0) is 16.0 Å². The number of benzene rings is 2. The maximum Gasteiger partial charge on any atom is 0.414 e. The number of hydrogen-bond acceptors (Lipinski definition) is 3. The van der Waals surface area contributed by atoms with Crippen molar-refractivity contribution in [2.75, 3.05) is 6.54 Å². The molecule has 4 heteroatoms. The Morgan fingerprint density at radius 2 is 1.94 bits per heavy atom. The monoisotopic (exact) mass is 243 g/mol. The standard InChI is InChI=1S/C14H13NO3/c16-10-18-14(17)15-9-8-12-6-3-5-11-4-1-2-7-13(11)12/h1-7,10H,8-9H2,(H,15,17). The van der Waals surface area contributed by atoms with Crippen molar-refractivity contribution in [2.45, 2.75) is 6.42 Å². The number of carbonyl (C=O) groups is 2. The van der Waals surface area contributed by atoms with Crippen molar-refractivity contribution in [2.24, 2.45) is 0 Å². The third-order valence-corrected chi connectivity index (χ3v) is 2.70. The van der Waals surface area contributed by atoms with E-state index in [4.69, 9.17) is 0 Å². The van der Waals surface area contributed by atoms with Gasteiger partial charge in [-0.05, 0) is 22.8 Å². The molecule has 0 atom stereocenters. The minimum Gasteiger partial charge on any atom is -0.379 e. The fourth-order valence-corrected chi connectivity index (χ4v) is 1.90. The van der Waals surface area contributed by atoms with Gasteiger partial charge in [0.05, 0.1) is 0 Å². The average Bonchev–Trinajstić information content (AvgIpc) is 2.39. The Morgan fingerprint density at radius 1 is 1.17 bits per heavy atom. The molecular weight excluding hydrogens is 230 g/mol. The fourth-order valence-electron chi connectivity index (χ4n) is 1.90. The zero-order chi connectivity index (χ0) is 12.8. The maximum absolute atomic E-state index is 10.9. The first-order valence-corrected chi connectivity index (χ1v) is 5.66. The molecule has 0 saturated carbocycles. The zero-order valence-electron chi connectivity index (χ0n) is 9.76. The number of amides is 1. The van der Waals surface area contributed by atoms with Gasteiger partial charge in [-0.3, -0.25) is 4.79 Å². The summed E-state index contributed by atoms with van der Waals surface area (Å²) in [4.78, 5) is 20.9. The molecule has 0 aliphatic carbocycles. The molecule has 2 aromatic carbocycles. The second kappa shape index (κ2) is 5.82. The van der Waals surface area contributed by atoms with Crippen molar-refractivity contribution in [1.29, 1.82) is 0 Å². The molecule has 0 aliphatic heterocycles. The van der Waals surface area contributed by atoms with E-state index in [2.05, 4.69) is 16.1 Å². The smallest absolute Gasteiger partial charge is 0.379 e. The van der Waals surface area contributed by atoms with Gasteiger partial charge < -0.3 is 10.1 Å². The van der Waals surface area contributed by atoms with Crippen LogP contribution in [0.2, 0.25) is 0 Å². The van der Waals surface area contributed by atoms with E-state index in [9.17, 15) is 9.59 Å². The Balaban J connectivity index is 2.03. The minimum absolute atomic E-state index is 0.118. The molecule has 1 amide bonds. The predicted octanol–water partition coefficient (Wildman–Crippen LogP) is 2.26. The summed E-state index contributed by atoms with van der Waals surface area (Å²) in [5.74, 6) is 0. The third-order valence-electron chi connectivity index (χ3n) is 2.70. The van der Waals surface area contributed by atoms with E-state index < -0.39 is 6.09 Å². The number of fused-ring (bicyclic) bond motifs is 1. The fraction of sp³-hybridized carbons (Fsp3) is 0.143. The Bertz CT molecular complexity index is 560. The van der Waals surface area contributed by atoms with Crippen LogP contribution in [0.25, 0.3) is 10.8 Å². The lowest BCUT2D eigenvalue weighted by Crippen LogP contribution is -2.26. The lowest BCUT2D eigenvalue weighted by atomic mass is 10.0. The SMILES string of the molecule is O=COC(=O)NCCc1cccc2ccccc12. The Labute approximate surface area is 105 Å². The van der Waals surface area contributed by atoms with E-state index in [0.29, 0.717) is 13.0 Å². The number of nitrogens with one attached hydrogen (secondary N) is 1. The summed E-state index contributed by atoms with van der Waals surface area (Å²) < 4.78 is 4.14. The van der Waals surface area contributed by atoms with E-state index in [1.54, 1.807) is 0 Å². The average molecular weight is 243 g/mol. The van der Waals surface area contributed by atoms with Crippen molar-refractivity contribution in [3.8, 4) is 0 Å². The Hall–Kier alpha value is -2.36. The van der Waals surface area contributed by atoms with Crippen LogP contribution < -0.4 is 5.32 Å². The van der Waals surface area contributed by atoms with E-state index >= 15 is 0 Å².